The van der Waals surface area contributed by atoms with Gasteiger partial charge in [0.25, 0.3) is 5.91 Å². The van der Waals surface area contributed by atoms with Crippen LogP contribution in [0.15, 0.2) is 54.6 Å². The van der Waals surface area contributed by atoms with Crippen molar-refractivity contribution in [3.63, 3.8) is 0 Å². The van der Waals surface area contributed by atoms with Gasteiger partial charge in [0.05, 0.1) is 0 Å². The third-order valence-corrected chi connectivity index (χ3v) is 2.37. The molecule has 0 spiro atoms. The van der Waals surface area contributed by atoms with E-state index in [2.05, 4.69) is 0 Å². The monoisotopic (exact) mass is 240 g/mol. The van der Waals surface area contributed by atoms with Crippen LogP contribution in [0.25, 0.3) is 0 Å². The standard InChI is InChI=1S/C14H12N2O2/c15-13(14(16)17)11-8-4-5-9-12(11)18-10-6-2-1-3-7-10/h1-9,15H,(H2,16,17). The van der Waals surface area contributed by atoms with Crippen LogP contribution in [0, 0.1) is 5.41 Å². The summed E-state index contributed by atoms with van der Waals surface area (Å²) in [5.74, 6) is 0.300. The van der Waals surface area contributed by atoms with Gasteiger partial charge in [0.2, 0.25) is 0 Å². The summed E-state index contributed by atoms with van der Waals surface area (Å²) >= 11 is 0. The van der Waals surface area contributed by atoms with Gasteiger partial charge in [0, 0.05) is 5.56 Å². The highest BCUT2D eigenvalue weighted by molar-refractivity contribution is 6.44. The number of rotatable bonds is 4. The molecule has 90 valence electrons. The van der Waals surface area contributed by atoms with E-state index in [0.29, 0.717) is 17.1 Å². The Hall–Kier alpha value is -2.62. The maximum atomic E-state index is 11.0. The number of carbonyl (C=O) groups excluding carboxylic acids is 1. The highest BCUT2D eigenvalue weighted by Gasteiger charge is 2.13. The zero-order chi connectivity index (χ0) is 13.0. The van der Waals surface area contributed by atoms with Crippen LogP contribution >= 0.6 is 0 Å². The Morgan fingerprint density at radius 3 is 2.28 bits per heavy atom. The molecule has 2 rings (SSSR count). The predicted octanol–water partition coefficient (Wildman–Crippen LogP) is 2.33. The summed E-state index contributed by atoms with van der Waals surface area (Å²) in [6.07, 6.45) is 0. The third kappa shape index (κ3) is 2.55. The van der Waals surface area contributed by atoms with E-state index in [-0.39, 0.29) is 5.71 Å². The van der Waals surface area contributed by atoms with Crippen molar-refractivity contribution in [3.05, 3.63) is 60.2 Å². The molecular formula is C14H12N2O2. The second-order valence-corrected chi connectivity index (χ2v) is 3.65. The van der Waals surface area contributed by atoms with Crippen molar-refractivity contribution >= 4 is 11.6 Å². The summed E-state index contributed by atoms with van der Waals surface area (Å²) < 4.78 is 5.63. The van der Waals surface area contributed by atoms with Crippen LogP contribution in [0.5, 0.6) is 11.5 Å². The van der Waals surface area contributed by atoms with Gasteiger partial charge in [-0.2, -0.15) is 0 Å². The molecule has 0 saturated carbocycles. The van der Waals surface area contributed by atoms with Gasteiger partial charge < -0.3 is 10.5 Å². The zero-order valence-corrected chi connectivity index (χ0v) is 9.59. The quantitative estimate of drug-likeness (QED) is 0.805. The number of hydrogen-bond acceptors (Lipinski definition) is 3. The van der Waals surface area contributed by atoms with E-state index < -0.39 is 5.91 Å². The molecular weight excluding hydrogens is 228 g/mol. The van der Waals surface area contributed by atoms with Crippen molar-refractivity contribution in [2.24, 2.45) is 5.73 Å². The van der Waals surface area contributed by atoms with E-state index in [1.165, 1.54) is 0 Å². The molecule has 0 saturated heterocycles. The van der Waals surface area contributed by atoms with E-state index in [4.69, 9.17) is 15.9 Å². The van der Waals surface area contributed by atoms with Crippen molar-refractivity contribution < 1.29 is 9.53 Å². The molecule has 0 aromatic heterocycles. The third-order valence-electron chi connectivity index (χ3n) is 2.37. The smallest absolute Gasteiger partial charge is 0.267 e. The van der Waals surface area contributed by atoms with Gasteiger partial charge in [-0.1, -0.05) is 30.3 Å². The molecule has 3 N–H and O–H groups in total. The molecule has 0 radical (unpaired) electrons. The molecule has 0 aliphatic heterocycles. The van der Waals surface area contributed by atoms with E-state index in [1.54, 1.807) is 36.4 Å². The fraction of sp³-hybridized carbons (Fsp3) is 0. The second-order valence-electron chi connectivity index (χ2n) is 3.65. The van der Waals surface area contributed by atoms with Crippen molar-refractivity contribution in [1.82, 2.24) is 0 Å². The molecule has 0 bridgehead atoms. The Balaban J connectivity index is 2.34. The molecule has 0 fully saturated rings. The molecule has 4 heteroatoms. The average Bonchev–Trinajstić information content (AvgIpc) is 2.39. The van der Waals surface area contributed by atoms with Gasteiger partial charge in [0.15, 0.2) is 0 Å². The summed E-state index contributed by atoms with van der Waals surface area (Å²) in [5.41, 5.74) is 5.23. The fourth-order valence-corrected chi connectivity index (χ4v) is 1.51. The Bertz CT molecular complexity index is 579. The minimum absolute atomic E-state index is 0.262. The maximum Gasteiger partial charge on any atom is 0.267 e. The Morgan fingerprint density at radius 2 is 1.61 bits per heavy atom. The summed E-state index contributed by atoms with van der Waals surface area (Å²) in [7, 11) is 0. The van der Waals surface area contributed by atoms with Gasteiger partial charge >= 0.3 is 0 Å². The van der Waals surface area contributed by atoms with Crippen LogP contribution in [0.2, 0.25) is 0 Å². The van der Waals surface area contributed by atoms with Gasteiger partial charge in [-0.3, -0.25) is 10.2 Å². The first-order valence-corrected chi connectivity index (χ1v) is 5.39. The van der Waals surface area contributed by atoms with E-state index >= 15 is 0 Å². The lowest BCUT2D eigenvalue weighted by atomic mass is 10.1. The van der Waals surface area contributed by atoms with E-state index in [0.717, 1.165) is 0 Å². The van der Waals surface area contributed by atoms with Crippen LogP contribution < -0.4 is 10.5 Å². The predicted molar refractivity (Wildman–Crippen MR) is 69.0 cm³/mol. The van der Waals surface area contributed by atoms with Gasteiger partial charge in [-0.25, -0.2) is 0 Å². The lowest BCUT2D eigenvalue weighted by Gasteiger charge is -2.10. The number of nitrogens with two attached hydrogens (primary N) is 1. The van der Waals surface area contributed by atoms with Crippen molar-refractivity contribution in [1.29, 1.82) is 5.41 Å². The first kappa shape index (κ1) is 11.9. The highest BCUT2D eigenvalue weighted by atomic mass is 16.5. The first-order chi connectivity index (χ1) is 8.68. The zero-order valence-electron chi connectivity index (χ0n) is 9.59. The second kappa shape index (κ2) is 5.14. The van der Waals surface area contributed by atoms with Gasteiger partial charge in [-0.15, -0.1) is 0 Å². The lowest BCUT2D eigenvalue weighted by molar-refractivity contribution is -0.112. The number of nitrogens with one attached hydrogen (secondary N) is 1. The number of amides is 1. The highest BCUT2D eigenvalue weighted by Crippen LogP contribution is 2.25. The summed E-state index contributed by atoms with van der Waals surface area (Å²) in [6, 6.07) is 16.0. The van der Waals surface area contributed by atoms with Crippen molar-refractivity contribution in [3.8, 4) is 11.5 Å². The van der Waals surface area contributed by atoms with E-state index in [1.807, 2.05) is 18.2 Å². The Morgan fingerprint density at radius 1 is 1.00 bits per heavy atom. The molecule has 0 atom stereocenters. The molecule has 4 nitrogen and oxygen atoms in total. The average molecular weight is 240 g/mol. The number of benzene rings is 2. The SMILES string of the molecule is N=C(C(N)=O)c1ccccc1Oc1ccccc1. The van der Waals surface area contributed by atoms with Crippen molar-refractivity contribution in [2.75, 3.05) is 0 Å². The Labute approximate surface area is 105 Å². The molecule has 18 heavy (non-hydrogen) atoms. The fourth-order valence-electron chi connectivity index (χ4n) is 1.51. The molecule has 0 heterocycles. The topological polar surface area (TPSA) is 76.2 Å². The number of primary amides is 1. The molecule has 0 aliphatic carbocycles. The summed E-state index contributed by atoms with van der Waals surface area (Å²) in [6.45, 7) is 0. The molecule has 2 aromatic rings. The van der Waals surface area contributed by atoms with Gasteiger partial charge in [0.1, 0.15) is 17.2 Å². The Kier molecular flexibility index (Phi) is 3.38. The lowest BCUT2D eigenvalue weighted by Crippen LogP contribution is -2.23. The van der Waals surface area contributed by atoms with E-state index in [9.17, 15) is 4.79 Å². The van der Waals surface area contributed by atoms with Crippen LogP contribution in [0.4, 0.5) is 0 Å². The molecule has 2 aromatic carbocycles. The summed E-state index contributed by atoms with van der Waals surface area (Å²) in [4.78, 5) is 11.0. The first-order valence-electron chi connectivity index (χ1n) is 5.39. The van der Waals surface area contributed by atoms with Crippen LogP contribution in [-0.4, -0.2) is 11.6 Å². The molecule has 1 amide bonds. The maximum absolute atomic E-state index is 11.0. The minimum Gasteiger partial charge on any atom is -0.457 e. The normalized spacial score (nSPS) is 9.78. The molecule has 0 unspecified atom stereocenters. The van der Waals surface area contributed by atoms with Crippen molar-refractivity contribution in [2.45, 2.75) is 0 Å². The number of carbonyl (C=O) groups is 1. The molecule has 0 aliphatic rings. The number of hydrogen-bond donors (Lipinski definition) is 2. The van der Waals surface area contributed by atoms with Crippen LogP contribution in [0.1, 0.15) is 5.56 Å². The van der Waals surface area contributed by atoms with Crippen LogP contribution in [0.3, 0.4) is 0 Å². The summed E-state index contributed by atoms with van der Waals surface area (Å²) in [5, 5.41) is 7.64. The number of ether oxygens (including phenoxy) is 1. The van der Waals surface area contributed by atoms with Crippen LogP contribution in [-0.2, 0) is 4.79 Å². The minimum atomic E-state index is -0.779. The van der Waals surface area contributed by atoms with Gasteiger partial charge in [-0.05, 0) is 24.3 Å². The number of para-hydroxylation sites is 2. The largest absolute Gasteiger partial charge is 0.457 e.